The Morgan fingerprint density at radius 1 is 1.10 bits per heavy atom. The van der Waals surface area contributed by atoms with Crippen LogP contribution in [0.25, 0.3) is 0 Å². The molecule has 1 heterocycles. The van der Waals surface area contributed by atoms with Crippen LogP contribution in [0.2, 0.25) is 0 Å². The van der Waals surface area contributed by atoms with Crippen LogP contribution in [-0.2, 0) is 4.74 Å². The third-order valence-corrected chi connectivity index (χ3v) is 4.14. The molecule has 0 atom stereocenters. The second-order valence-electron chi connectivity index (χ2n) is 7.54. The Morgan fingerprint density at radius 2 is 1.69 bits per heavy atom. The summed E-state index contributed by atoms with van der Waals surface area (Å²) in [7, 11) is 0. The van der Waals surface area contributed by atoms with Crippen molar-refractivity contribution in [2.75, 3.05) is 11.9 Å². The normalized spacial score (nSPS) is 13.3. The summed E-state index contributed by atoms with van der Waals surface area (Å²) in [6.07, 6.45) is -0.808. The number of halogens is 1. The Bertz CT molecular complexity index is 992. The van der Waals surface area contributed by atoms with Crippen molar-refractivity contribution < 1.29 is 23.5 Å². The van der Waals surface area contributed by atoms with Crippen LogP contribution in [0, 0.1) is 11.2 Å². The molecule has 2 aromatic rings. The summed E-state index contributed by atoms with van der Waals surface area (Å²) >= 11 is 0. The van der Waals surface area contributed by atoms with Crippen LogP contribution in [0.4, 0.5) is 14.9 Å². The number of imide groups is 1. The Balaban J connectivity index is 1.82. The second kappa shape index (κ2) is 7.46. The maximum Gasteiger partial charge on any atom is 0.412 e. The lowest BCUT2D eigenvalue weighted by atomic mass is 10.1. The summed E-state index contributed by atoms with van der Waals surface area (Å²) in [5, 5.41) is 10.8. The number of rotatable bonds is 4. The minimum Gasteiger partial charge on any atom is -0.444 e. The molecule has 2 N–H and O–H groups in total. The van der Waals surface area contributed by atoms with Crippen LogP contribution in [0.3, 0.4) is 0 Å². The molecule has 0 aromatic heterocycles. The molecule has 0 fully saturated rings. The van der Waals surface area contributed by atoms with E-state index >= 15 is 0 Å². The summed E-state index contributed by atoms with van der Waals surface area (Å²) in [6, 6.07) is 9.90. The maximum absolute atomic E-state index is 13.7. The SMILES string of the molecule is CC(C)(C)OC(=O)Nc1cc(F)ccc1C(=N)CN1C(=O)c2ccccc2C1=O. The zero-order valence-electron chi connectivity index (χ0n) is 16.2. The molecule has 0 unspecified atom stereocenters. The molecule has 0 saturated heterocycles. The fourth-order valence-electron chi connectivity index (χ4n) is 2.92. The summed E-state index contributed by atoms with van der Waals surface area (Å²) in [6.45, 7) is 4.73. The first-order valence-corrected chi connectivity index (χ1v) is 8.89. The van der Waals surface area contributed by atoms with Gasteiger partial charge in [0.05, 0.1) is 29.1 Å². The van der Waals surface area contributed by atoms with Crippen LogP contribution < -0.4 is 5.32 Å². The Kier molecular flexibility index (Phi) is 5.19. The average molecular weight is 397 g/mol. The van der Waals surface area contributed by atoms with Crippen molar-refractivity contribution in [1.82, 2.24) is 4.90 Å². The lowest BCUT2D eigenvalue weighted by Crippen LogP contribution is -2.35. The largest absolute Gasteiger partial charge is 0.444 e. The van der Waals surface area contributed by atoms with Gasteiger partial charge in [-0.15, -0.1) is 0 Å². The Morgan fingerprint density at radius 3 is 2.24 bits per heavy atom. The number of carbonyl (C=O) groups excluding carboxylic acids is 3. The van der Waals surface area contributed by atoms with Gasteiger partial charge in [0.1, 0.15) is 11.4 Å². The van der Waals surface area contributed by atoms with Crippen LogP contribution in [0.5, 0.6) is 0 Å². The zero-order valence-corrected chi connectivity index (χ0v) is 16.2. The summed E-state index contributed by atoms with van der Waals surface area (Å²) < 4.78 is 18.9. The monoisotopic (exact) mass is 397 g/mol. The van der Waals surface area contributed by atoms with Gasteiger partial charge in [-0.05, 0) is 51.1 Å². The number of amides is 3. The first-order chi connectivity index (χ1) is 13.6. The van der Waals surface area contributed by atoms with Gasteiger partial charge in [-0.1, -0.05) is 12.1 Å². The van der Waals surface area contributed by atoms with Crippen LogP contribution in [-0.4, -0.2) is 40.7 Å². The molecule has 0 aliphatic carbocycles. The van der Waals surface area contributed by atoms with Crippen molar-refractivity contribution in [2.45, 2.75) is 26.4 Å². The van der Waals surface area contributed by atoms with E-state index in [1.807, 2.05) is 0 Å². The number of ether oxygens (including phenoxy) is 1. The lowest BCUT2D eigenvalue weighted by molar-refractivity contribution is 0.0631. The summed E-state index contributed by atoms with van der Waals surface area (Å²) in [4.78, 5) is 38.0. The molecule has 2 aromatic carbocycles. The smallest absolute Gasteiger partial charge is 0.412 e. The molecule has 1 aliphatic rings. The number of hydrogen-bond donors (Lipinski definition) is 2. The van der Waals surface area contributed by atoms with Crippen molar-refractivity contribution in [3.05, 3.63) is 65.0 Å². The maximum atomic E-state index is 13.7. The quantitative estimate of drug-likeness (QED) is 0.605. The van der Waals surface area contributed by atoms with Crippen molar-refractivity contribution in [1.29, 1.82) is 5.41 Å². The summed E-state index contributed by atoms with van der Waals surface area (Å²) in [5.41, 5.74) is -0.154. The molecular weight excluding hydrogens is 377 g/mol. The molecule has 0 bridgehead atoms. The van der Waals surface area contributed by atoms with E-state index in [0.29, 0.717) is 0 Å². The Hall–Kier alpha value is -3.55. The van der Waals surface area contributed by atoms with Gasteiger partial charge >= 0.3 is 6.09 Å². The molecule has 7 nitrogen and oxygen atoms in total. The fraction of sp³-hybridized carbons (Fsp3) is 0.238. The van der Waals surface area contributed by atoms with Gasteiger partial charge in [0.25, 0.3) is 11.8 Å². The number of fused-ring (bicyclic) bond motifs is 1. The first kappa shape index (κ1) is 20.2. The van der Waals surface area contributed by atoms with E-state index in [4.69, 9.17) is 10.1 Å². The number of benzene rings is 2. The van der Waals surface area contributed by atoms with Crippen LogP contribution in [0.1, 0.15) is 47.1 Å². The van der Waals surface area contributed by atoms with Gasteiger partial charge in [0.2, 0.25) is 0 Å². The highest BCUT2D eigenvalue weighted by molar-refractivity contribution is 6.23. The lowest BCUT2D eigenvalue weighted by Gasteiger charge is -2.21. The number of anilines is 1. The number of nitrogens with one attached hydrogen (secondary N) is 2. The van der Waals surface area contributed by atoms with Gasteiger partial charge in [-0.25, -0.2) is 9.18 Å². The average Bonchev–Trinajstić information content (AvgIpc) is 2.85. The predicted octanol–water partition coefficient (Wildman–Crippen LogP) is 3.84. The van der Waals surface area contributed by atoms with E-state index in [1.165, 1.54) is 6.07 Å². The topological polar surface area (TPSA) is 99.6 Å². The highest BCUT2D eigenvalue weighted by atomic mass is 19.1. The molecule has 0 radical (unpaired) electrons. The molecule has 3 amide bonds. The molecule has 3 rings (SSSR count). The van der Waals surface area contributed by atoms with Gasteiger partial charge < -0.3 is 10.1 Å². The van der Waals surface area contributed by atoms with Crippen molar-refractivity contribution in [2.24, 2.45) is 0 Å². The van der Waals surface area contributed by atoms with E-state index < -0.39 is 29.3 Å². The molecule has 1 aliphatic heterocycles. The number of hydrogen-bond acceptors (Lipinski definition) is 5. The van der Waals surface area contributed by atoms with Gasteiger partial charge in [0.15, 0.2) is 0 Å². The van der Waals surface area contributed by atoms with Gasteiger partial charge in [-0.3, -0.25) is 19.8 Å². The highest BCUT2D eigenvalue weighted by Crippen LogP contribution is 2.24. The van der Waals surface area contributed by atoms with Crippen molar-refractivity contribution in [3.63, 3.8) is 0 Å². The minimum atomic E-state index is -0.808. The Labute approximate surface area is 167 Å². The first-order valence-electron chi connectivity index (χ1n) is 8.89. The molecule has 150 valence electrons. The third-order valence-electron chi connectivity index (χ3n) is 4.14. The fourth-order valence-corrected chi connectivity index (χ4v) is 2.92. The minimum absolute atomic E-state index is 0.0147. The molecular formula is C21H20FN3O4. The molecule has 0 saturated carbocycles. The number of carbonyl (C=O) groups is 3. The van der Waals surface area contributed by atoms with E-state index in [0.717, 1.165) is 17.0 Å². The standard InChI is InChI=1S/C21H20FN3O4/c1-21(2,3)29-20(28)24-17-10-12(22)8-9-15(17)16(23)11-25-18(26)13-6-4-5-7-14(13)19(25)27/h4-10,23H,11H2,1-3H3,(H,24,28). The van der Waals surface area contributed by atoms with E-state index in [-0.39, 0.29) is 34.6 Å². The third kappa shape index (κ3) is 4.31. The predicted molar refractivity (Wildman–Crippen MR) is 105 cm³/mol. The molecule has 29 heavy (non-hydrogen) atoms. The second-order valence-corrected chi connectivity index (χ2v) is 7.54. The van der Waals surface area contributed by atoms with E-state index in [2.05, 4.69) is 5.32 Å². The van der Waals surface area contributed by atoms with Crippen molar-refractivity contribution >= 4 is 29.3 Å². The summed E-state index contributed by atoms with van der Waals surface area (Å²) in [5.74, 6) is -1.62. The highest BCUT2D eigenvalue weighted by Gasteiger charge is 2.36. The van der Waals surface area contributed by atoms with Crippen LogP contribution >= 0.6 is 0 Å². The van der Waals surface area contributed by atoms with E-state index in [1.54, 1.807) is 45.0 Å². The van der Waals surface area contributed by atoms with Crippen molar-refractivity contribution in [3.8, 4) is 0 Å². The van der Waals surface area contributed by atoms with Crippen LogP contribution in [0.15, 0.2) is 42.5 Å². The molecule has 8 heteroatoms. The zero-order chi connectivity index (χ0) is 21.3. The number of nitrogens with zero attached hydrogens (tertiary/aromatic N) is 1. The molecule has 0 spiro atoms. The van der Waals surface area contributed by atoms with E-state index in [9.17, 15) is 18.8 Å². The van der Waals surface area contributed by atoms with Gasteiger partial charge in [-0.2, -0.15) is 0 Å². The van der Waals surface area contributed by atoms with Gasteiger partial charge in [0, 0.05) is 5.56 Å².